The summed E-state index contributed by atoms with van der Waals surface area (Å²) >= 11 is 0. The average Bonchev–Trinajstić information content (AvgIpc) is 2.90. The number of anilines is 1. The first-order valence-electron chi connectivity index (χ1n) is 9.43. The molecule has 1 unspecified atom stereocenters. The van der Waals surface area contributed by atoms with Crippen LogP contribution >= 0.6 is 0 Å². The molecule has 128 valence electrons. The van der Waals surface area contributed by atoms with Gasteiger partial charge in [-0.15, -0.1) is 0 Å². The lowest BCUT2D eigenvalue weighted by Gasteiger charge is -2.36. The van der Waals surface area contributed by atoms with Crippen LogP contribution in [-0.4, -0.2) is 52.6 Å². The second-order valence-electron chi connectivity index (χ2n) is 7.24. The van der Waals surface area contributed by atoms with E-state index in [1.165, 1.54) is 58.2 Å². The number of nitrogens with zero attached hydrogens (tertiary/aromatic N) is 5. The van der Waals surface area contributed by atoms with Crippen LogP contribution < -0.4 is 4.90 Å². The zero-order chi connectivity index (χ0) is 16.2. The molecule has 2 aromatic rings. The summed E-state index contributed by atoms with van der Waals surface area (Å²) in [4.78, 5) is 18.5. The first-order valence-corrected chi connectivity index (χ1v) is 9.43. The van der Waals surface area contributed by atoms with Crippen LogP contribution in [0.4, 0.5) is 5.82 Å². The molecule has 0 aliphatic carbocycles. The molecule has 0 spiro atoms. The van der Waals surface area contributed by atoms with E-state index in [1.54, 1.807) is 12.4 Å². The summed E-state index contributed by atoms with van der Waals surface area (Å²) in [7, 11) is 0. The van der Waals surface area contributed by atoms with Crippen molar-refractivity contribution in [2.45, 2.75) is 38.5 Å². The molecule has 4 heterocycles. The number of hydrogen-bond acceptors (Lipinski definition) is 5. The Hall–Kier alpha value is -1.75. The molecule has 2 fully saturated rings. The Kier molecular flexibility index (Phi) is 4.88. The largest absolute Gasteiger partial charge is 0.356 e. The van der Waals surface area contributed by atoms with Crippen molar-refractivity contribution in [3.05, 3.63) is 24.5 Å². The minimum absolute atomic E-state index is 0.754. The Morgan fingerprint density at radius 3 is 2.62 bits per heavy atom. The molecule has 2 aliphatic heterocycles. The predicted molar refractivity (Wildman–Crippen MR) is 97.2 cm³/mol. The van der Waals surface area contributed by atoms with Crippen molar-refractivity contribution in [1.82, 2.24) is 19.9 Å². The van der Waals surface area contributed by atoms with Gasteiger partial charge in [0.15, 0.2) is 5.65 Å². The Labute approximate surface area is 144 Å². The number of piperidine rings is 1. The molecule has 5 heteroatoms. The van der Waals surface area contributed by atoms with Gasteiger partial charge in [0, 0.05) is 32.0 Å². The first kappa shape index (κ1) is 15.8. The van der Waals surface area contributed by atoms with Gasteiger partial charge in [0.05, 0.1) is 0 Å². The van der Waals surface area contributed by atoms with Gasteiger partial charge in [0.25, 0.3) is 0 Å². The molecule has 5 nitrogen and oxygen atoms in total. The van der Waals surface area contributed by atoms with E-state index in [4.69, 9.17) is 4.98 Å². The van der Waals surface area contributed by atoms with E-state index in [-0.39, 0.29) is 0 Å². The summed E-state index contributed by atoms with van der Waals surface area (Å²) in [6.45, 7) is 6.06. The van der Waals surface area contributed by atoms with E-state index in [9.17, 15) is 0 Å². The normalized spacial score (nSPS) is 23.3. The summed E-state index contributed by atoms with van der Waals surface area (Å²) in [6.07, 6.45) is 11.6. The van der Waals surface area contributed by atoms with Crippen LogP contribution in [0.25, 0.3) is 11.2 Å². The van der Waals surface area contributed by atoms with E-state index in [0.29, 0.717) is 0 Å². The molecular weight excluding hydrogens is 298 g/mol. The number of rotatable bonds is 3. The zero-order valence-corrected chi connectivity index (χ0v) is 14.4. The van der Waals surface area contributed by atoms with Crippen LogP contribution in [0.1, 0.15) is 38.5 Å². The summed E-state index contributed by atoms with van der Waals surface area (Å²) < 4.78 is 0. The molecule has 0 amide bonds. The van der Waals surface area contributed by atoms with Crippen LogP contribution in [0.15, 0.2) is 24.5 Å². The van der Waals surface area contributed by atoms with Gasteiger partial charge in [0.1, 0.15) is 11.3 Å². The summed E-state index contributed by atoms with van der Waals surface area (Å²) in [5.74, 6) is 1.82. The van der Waals surface area contributed by atoms with Crippen molar-refractivity contribution in [2.75, 3.05) is 37.6 Å². The van der Waals surface area contributed by atoms with Crippen molar-refractivity contribution >= 4 is 17.0 Å². The molecule has 1 atom stereocenters. The molecular formula is C19H27N5. The number of hydrogen-bond donors (Lipinski definition) is 0. The van der Waals surface area contributed by atoms with E-state index in [2.05, 4.69) is 25.8 Å². The molecule has 0 N–H and O–H groups in total. The maximum absolute atomic E-state index is 4.73. The van der Waals surface area contributed by atoms with Gasteiger partial charge in [-0.05, 0) is 56.8 Å². The highest BCUT2D eigenvalue weighted by atomic mass is 15.2. The van der Waals surface area contributed by atoms with Crippen molar-refractivity contribution < 1.29 is 0 Å². The molecule has 4 rings (SSSR count). The highest BCUT2D eigenvalue weighted by molar-refractivity contribution is 5.71. The minimum Gasteiger partial charge on any atom is -0.356 e. The van der Waals surface area contributed by atoms with Gasteiger partial charge in [-0.1, -0.05) is 12.8 Å². The molecule has 2 aliphatic rings. The van der Waals surface area contributed by atoms with Gasteiger partial charge in [0.2, 0.25) is 0 Å². The second-order valence-corrected chi connectivity index (χ2v) is 7.24. The smallest absolute Gasteiger partial charge is 0.180 e. The van der Waals surface area contributed by atoms with E-state index >= 15 is 0 Å². The molecule has 0 saturated carbocycles. The molecule has 2 aromatic heterocycles. The SMILES string of the molecule is c1cnc2nc(N3CCCC(CN4CCCCCC4)C3)ccc2n1. The fourth-order valence-corrected chi connectivity index (χ4v) is 4.13. The number of pyridine rings is 1. The average molecular weight is 325 g/mol. The van der Waals surface area contributed by atoms with Crippen LogP contribution in [0, 0.1) is 5.92 Å². The fraction of sp³-hybridized carbons (Fsp3) is 0.632. The van der Waals surface area contributed by atoms with E-state index in [0.717, 1.165) is 36.0 Å². The molecule has 24 heavy (non-hydrogen) atoms. The van der Waals surface area contributed by atoms with E-state index < -0.39 is 0 Å². The third-order valence-electron chi connectivity index (χ3n) is 5.37. The number of aromatic nitrogens is 3. The van der Waals surface area contributed by atoms with Gasteiger partial charge in [-0.2, -0.15) is 0 Å². The summed E-state index contributed by atoms with van der Waals surface area (Å²) in [5, 5.41) is 0. The van der Waals surface area contributed by atoms with Crippen LogP contribution in [-0.2, 0) is 0 Å². The van der Waals surface area contributed by atoms with Crippen LogP contribution in [0.2, 0.25) is 0 Å². The summed E-state index contributed by atoms with van der Waals surface area (Å²) in [5.41, 5.74) is 1.63. The highest BCUT2D eigenvalue weighted by Gasteiger charge is 2.23. The third-order valence-corrected chi connectivity index (χ3v) is 5.37. The lowest BCUT2D eigenvalue weighted by Crippen LogP contribution is -2.41. The fourth-order valence-electron chi connectivity index (χ4n) is 4.13. The second kappa shape index (κ2) is 7.43. The Balaban J connectivity index is 1.43. The zero-order valence-electron chi connectivity index (χ0n) is 14.4. The maximum atomic E-state index is 4.73. The molecule has 0 bridgehead atoms. The Morgan fingerprint density at radius 2 is 1.75 bits per heavy atom. The van der Waals surface area contributed by atoms with E-state index in [1.807, 2.05) is 6.07 Å². The van der Waals surface area contributed by atoms with Crippen molar-refractivity contribution in [1.29, 1.82) is 0 Å². The highest BCUT2D eigenvalue weighted by Crippen LogP contribution is 2.24. The lowest BCUT2D eigenvalue weighted by atomic mass is 9.97. The van der Waals surface area contributed by atoms with Gasteiger partial charge in [-0.25, -0.2) is 9.97 Å². The molecule has 2 saturated heterocycles. The maximum Gasteiger partial charge on any atom is 0.180 e. The van der Waals surface area contributed by atoms with Crippen molar-refractivity contribution in [2.24, 2.45) is 5.92 Å². The van der Waals surface area contributed by atoms with Gasteiger partial charge < -0.3 is 9.80 Å². The lowest BCUT2D eigenvalue weighted by molar-refractivity contribution is 0.222. The van der Waals surface area contributed by atoms with Crippen LogP contribution in [0.5, 0.6) is 0 Å². The topological polar surface area (TPSA) is 45.2 Å². The number of likely N-dealkylation sites (tertiary alicyclic amines) is 1. The van der Waals surface area contributed by atoms with Gasteiger partial charge >= 0.3 is 0 Å². The molecule has 0 aromatic carbocycles. The predicted octanol–water partition coefficient (Wildman–Crippen LogP) is 3.12. The van der Waals surface area contributed by atoms with Crippen molar-refractivity contribution in [3.8, 4) is 0 Å². The van der Waals surface area contributed by atoms with Crippen molar-refractivity contribution in [3.63, 3.8) is 0 Å². The quantitative estimate of drug-likeness (QED) is 0.867. The first-order chi connectivity index (χ1) is 11.9. The minimum atomic E-state index is 0.754. The Morgan fingerprint density at radius 1 is 0.917 bits per heavy atom. The molecule has 0 radical (unpaired) electrons. The Bertz CT molecular complexity index is 666. The number of fused-ring (bicyclic) bond motifs is 1. The monoisotopic (exact) mass is 325 g/mol. The van der Waals surface area contributed by atoms with Crippen LogP contribution in [0.3, 0.4) is 0 Å². The third kappa shape index (κ3) is 3.66. The van der Waals surface area contributed by atoms with Gasteiger partial charge in [-0.3, -0.25) is 4.98 Å². The standard InChI is InChI=1S/C19H27N5/c1-2-4-12-23(11-3-1)14-16-6-5-13-24(15-16)18-8-7-17-19(22-18)21-10-9-20-17/h7-10,16H,1-6,11-15H2. The summed E-state index contributed by atoms with van der Waals surface area (Å²) in [6, 6.07) is 4.15.